The molecule has 0 radical (unpaired) electrons. The van der Waals surface area contributed by atoms with Crippen LogP contribution in [0.25, 0.3) is 0 Å². The predicted octanol–water partition coefficient (Wildman–Crippen LogP) is 1.71. The molecule has 0 bridgehead atoms. The standard InChI is InChI=1S/C10H16ClN5O2/c1-7-8(16(17)18)9(14-10(11)13-7)12-5-4-6-15(2)3/h4-6H2,1-3H3,(H,12,13,14). The lowest BCUT2D eigenvalue weighted by Gasteiger charge is -2.10. The van der Waals surface area contributed by atoms with Crippen molar-refractivity contribution in [1.82, 2.24) is 14.9 Å². The van der Waals surface area contributed by atoms with E-state index in [1.54, 1.807) is 0 Å². The number of aromatic nitrogens is 2. The Labute approximate surface area is 110 Å². The van der Waals surface area contributed by atoms with Crippen LogP contribution in [0.1, 0.15) is 12.1 Å². The third-order valence-electron chi connectivity index (χ3n) is 2.29. The maximum absolute atomic E-state index is 10.9. The lowest BCUT2D eigenvalue weighted by molar-refractivity contribution is -0.385. The van der Waals surface area contributed by atoms with Crippen LogP contribution < -0.4 is 5.32 Å². The highest BCUT2D eigenvalue weighted by atomic mass is 35.5. The highest BCUT2D eigenvalue weighted by molar-refractivity contribution is 6.28. The van der Waals surface area contributed by atoms with E-state index in [0.29, 0.717) is 6.54 Å². The number of hydrogen-bond acceptors (Lipinski definition) is 6. The van der Waals surface area contributed by atoms with Gasteiger partial charge in [0.25, 0.3) is 0 Å². The third kappa shape index (κ3) is 4.08. The van der Waals surface area contributed by atoms with E-state index in [1.165, 1.54) is 6.92 Å². The summed E-state index contributed by atoms with van der Waals surface area (Å²) < 4.78 is 0. The minimum absolute atomic E-state index is 0.00760. The second kappa shape index (κ2) is 6.46. The quantitative estimate of drug-likeness (QED) is 0.368. The summed E-state index contributed by atoms with van der Waals surface area (Å²) in [5.41, 5.74) is 0.138. The van der Waals surface area contributed by atoms with E-state index in [2.05, 4.69) is 15.3 Å². The summed E-state index contributed by atoms with van der Waals surface area (Å²) in [5.74, 6) is 0.177. The highest BCUT2D eigenvalue weighted by Gasteiger charge is 2.21. The van der Waals surface area contributed by atoms with Gasteiger partial charge in [-0.3, -0.25) is 10.1 Å². The van der Waals surface area contributed by atoms with Gasteiger partial charge in [-0.05, 0) is 45.6 Å². The molecule has 0 saturated carbocycles. The van der Waals surface area contributed by atoms with Crippen LogP contribution in [0.5, 0.6) is 0 Å². The zero-order valence-electron chi connectivity index (χ0n) is 10.6. The summed E-state index contributed by atoms with van der Waals surface area (Å²) in [7, 11) is 3.93. The monoisotopic (exact) mass is 273 g/mol. The Bertz CT molecular complexity index is 439. The summed E-state index contributed by atoms with van der Waals surface area (Å²) in [6, 6.07) is 0. The van der Waals surface area contributed by atoms with Gasteiger partial charge < -0.3 is 10.2 Å². The van der Waals surface area contributed by atoms with Crippen molar-refractivity contribution in [2.24, 2.45) is 0 Å². The molecular formula is C10H16ClN5O2. The number of aryl methyl sites for hydroxylation is 1. The predicted molar refractivity (Wildman–Crippen MR) is 70.1 cm³/mol. The Kier molecular flexibility index (Phi) is 5.24. The van der Waals surface area contributed by atoms with E-state index in [9.17, 15) is 10.1 Å². The maximum atomic E-state index is 10.9. The van der Waals surface area contributed by atoms with Gasteiger partial charge in [0.1, 0.15) is 5.69 Å². The molecule has 1 N–H and O–H groups in total. The first-order valence-electron chi connectivity index (χ1n) is 5.49. The van der Waals surface area contributed by atoms with E-state index in [4.69, 9.17) is 11.6 Å². The van der Waals surface area contributed by atoms with Crippen molar-refractivity contribution in [1.29, 1.82) is 0 Å². The summed E-state index contributed by atoms with van der Waals surface area (Å²) >= 11 is 5.70. The van der Waals surface area contributed by atoms with Crippen molar-refractivity contribution in [3.05, 3.63) is 21.1 Å². The Morgan fingerprint density at radius 3 is 2.67 bits per heavy atom. The van der Waals surface area contributed by atoms with Gasteiger partial charge in [-0.2, -0.15) is 4.98 Å². The molecule has 7 nitrogen and oxygen atoms in total. The van der Waals surface area contributed by atoms with Gasteiger partial charge in [0.15, 0.2) is 0 Å². The van der Waals surface area contributed by atoms with Gasteiger partial charge in [-0.1, -0.05) is 0 Å². The molecule has 18 heavy (non-hydrogen) atoms. The van der Waals surface area contributed by atoms with E-state index in [-0.39, 0.29) is 22.5 Å². The maximum Gasteiger partial charge on any atom is 0.332 e. The number of nitrogens with zero attached hydrogens (tertiary/aromatic N) is 4. The van der Waals surface area contributed by atoms with Crippen LogP contribution in [0.15, 0.2) is 0 Å². The van der Waals surface area contributed by atoms with Crippen molar-refractivity contribution in [3.63, 3.8) is 0 Å². The fraction of sp³-hybridized carbons (Fsp3) is 0.600. The Morgan fingerprint density at radius 2 is 2.11 bits per heavy atom. The molecule has 0 aromatic carbocycles. The average molecular weight is 274 g/mol. The van der Waals surface area contributed by atoms with Gasteiger partial charge in [0.2, 0.25) is 11.1 Å². The molecule has 0 atom stereocenters. The number of halogens is 1. The smallest absolute Gasteiger partial charge is 0.332 e. The first-order chi connectivity index (χ1) is 8.41. The largest absolute Gasteiger partial charge is 0.364 e. The molecule has 1 aromatic rings. The van der Waals surface area contributed by atoms with Crippen molar-refractivity contribution >= 4 is 23.1 Å². The Morgan fingerprint density at radius 1 is 1.44 bits per heavy atom. The lowest BCUT2D eigenvalue weighted by atomic mass is 10.3. The van der Waals surface area contributed by atoms with E-state index >= 15 is 0 Å². The van der Waals surface area contributed by atoms with Gasteiger partial charge in [0.05, 0.1) is 4.92 Å². The van der Waals surface area contributed by atoms with Crippen LogP contribution in [0.2, 0.25) is 5.28 Å². The second-order valence-electron chi connectivity index (χ2n) is 4.12. The van der Waals surface area contributed by atoms with Crippen molar-refractivity contribution in [2.45, 2.75) is 13.3 Å². The van der Waals surface area contributed by atoms with Gasteiger partial charge in [-0.25, -0.2) is 4.98 Å². The van der Waals surface area contributed by atoms with Crippen LogP contribution in [0, 0.1) is 17.0 Å². The topological polar surface area (TPSA) is 84.2 Å². The molecular weight excluding hydrogens is 258 g/mol. The molecule has 0 saturated heterocycles. The van der Waals surface area contributed by atoms with Crippen LogP contribution in [-0.2, 0) is 0 Å². The molecule has 0 aliphatic rings. The summed E-state index contributed by atoms with van der Waals surface area (Å²) in [4.78, 5) is 20.1. The molecule has 0 aliphatic heterocycles. The van der Waals surface area contributed by atoms with Gasteiger partial charge >= 0.3 is 5.69 Å². The van der Waals surface area contributed by atoms with E-state index < -0.39 is 4.92 Å². The first-order valence-corrected chi connectivity index (χ1v) is 5.86. The molecule has 0 aliphatic carbocycles. The first kappa shape index (κ1) is 14.6. The Hall–Kier alpha value is -1.47. The third-order valence-corrected chi connectivity index (χ3v) is 2.46. The fourth-order valence-corrected chi connectivity index (χ4v) is 1.69. The second-order valence-corrected chi connectivity index (χ2v) is 4.45. The number of rotatable bonds is 6. The SMILES string of the molecule is Cc1nc(Cl)nc(NCCCN(C)C)c1[N+](=O)[O-]. The molecule has 8 heteroatoms. The van der Waals surface area contributed by atoms with Crippen LogP contribution >= 0.6 is 11.6 Å². The minimum atomic E-state index is -0.500. The Balaban J connectivity index is 2.77. The minimum Gasteiger partial charge on any atom is -0.364 e. The van der Waals surface area contributed by atoms with Crippen LogP contribution in [0.4, 0.5) is 11.5 Å². The molecule has 0 unspecified atom stereocenters. The number of nitrogens with one attached hydrogen (secondary N) is 1. The molecule has 0 spiro atoms. The van der Waals surface area contributed by atoms with E-state index in [0.717, 1.165) is 13.0 Å². The zero-order chi connectivity index (χ0) is 13.7. The van der Waals surface area contributed by atoms with Crippen molar-refractivity contribution in [3.8, 4) is 0 Å². The lowest BCUT2D eigenvalue weighted by Crippen LogP contribution is -2.17. The van der Waals surface area contributed by atoms with Gasteiger partial charge in [-0.15, -0.1) is 0 Å². The number of nitro groups is 1. The summed E-state index contributed by atoms with van der Waals surface area (Å²) in [6.07, 6.45) is 0.852. The fourth-order valence-electron chi connectivity index (χ4n) is 1.48. The summed E-state index contributed by atoms with van der Waals surface area (Å²) in [6.45, 7) is 3.01. The van der Waals surface area contributed by atoms with Crippen LogP contribution in [0.3, 0.4) is 0 Å². The molecule has 0 fully saturated rings. The normalized spacial score (nSPS) is 10.7. The zero-order valence-corrected chi connectivity index (χ0v) is 11.4. The van der Waals surface area contributed by atoms with E-state index in [1.807, 2.05) is 19.0 Å². The van der Waals surface area contributed by atoms with Crippen molar-refractivity contribution < 1.29 is 4.92 Å². The summed E-state index contributed by atoms with van der Waals surface area (Å²) in [5, 5.41) is 13.9. The molecule has 1 heterocycles. The van der Waals surface area contributed by atoms with Gasteiger partial charge in [0, 0.05) is 6.54 Å². The molecule has 1 aromatic heterocycles. The average Bonchev–Trinajstić information content (AvgIpc) is 2.22. The van der Waals surface area contributed by atoms with Crippen molar-refractivity contribution in [2.75, 3.05) is 32.5 Å². The number of anilines is 1. The highest BCUT2D eigenvalue weighted by Crippen LogP contribution is 2.26. The molecule has 0 amide bonds. The molecule has 1 rings (SSSR count). The number of hydrogen-bond donors (Lipinski definition) is 1. The van der Waals surface area contributed by atoms with Crippen LogP contribution in [-0.4, -0.2) is 47.0 Å². The molecule has 100 valence electrons.